The molecule has 0 aliphatic heterocycles. The molecule has 1 N–H and O–H groups in total. The molecule has 1 aromatic carbocycles. The summed E-state index contributed by atoms with van der Waals surface area (Å²) in [7, 11) is 0. The highest BCUT2D eigenvalue weighted by Gasteiger charge is 2.15. The zero-order valence-electron chi connectivity index (χ0n) is 12.5. The third-order valence-corrected chi connectivity index (χ3v) is 2.31. The zero-order chi connectivity index (χ0) is 15.9. The van der Waals surface area contributed by atoms with Crippen LogP contribution in [0.15, 0.2) is 24.3 Å². The standard InChI is InChI=1S/C15H21NO5/c1-15(2,3)21-14(19)16-8-9-20-12-6-4-11(5-7-12)10-13(17)18/h4-7H,8-10H2,1-3H3,(H,16,19)(H,17,18)/p-1. The van der Waals surface area contributed by atoms with Gasteiger partial charge in [-0.25, -0.2) is 4.79 Å². The maximum Gasteiger partial charge on any atom is 0.407 e. The molecule has 0 aliphatic rings. The molecule has 1 rings (SSSR count). The molecule has 0 aromatic heterocycles. The second kappa shape index (κ2) is 7.52. The number of hydrogen-bond donors (Lipinski definition) is 1. The van der Waals surface area contributed by atoms with Crippen LogP contribution in [0.4, 0.5) is 4.79 Å². The predicted octanol–water partition coefficient (Wildman–Crippen LogP) is 0.882. The Hall–Kier alpha value is -2.24. The van der Waals surface area contributed by atoms with Gasteiger partial charge >= 0.3 is 6.09 Å². The molecular formula is C15H20NO5-. The topological polar surface area (TPSA) is 87.7 Å². The van der Waals surface area contributed by atoms with E-state index in [0.717, 1.165) is 0 Å². The van der Waals surface area contributed by atoms with E-state index in [-0.39, 0.29) is 6.42 Å². The van der Waals surface area contributed by atoms with Crippen molar-refractivity contribution < 1.29 is 24.2 Å². The van der Waals surface area contributed by atoms with Crippen molar-refractivity contribution in [2.45, 2.75) is 32.8 Å². The SMILES string of the molecule is CC(C)(C)OC(=O)NCCOc1ccc(CC(=O)[O-])cc1. The Kier molecular flexibility index (Phi) is 6.02. The number of alkyl carbamates (subject to hydrolysis) is 1. The Balaban J connectivity index is 2.27. The summed E-state index contributed by atoms with van der Waals surface area (Å²) < 4.78 is 10.5. The normalized spacial score (nSPS) is 10.8. The lowest BCUT2D eigenvalue weighted by atomic mass is 10.1. The van der Waals surface area contributed by atoms with Crippen molar-refractivity contribution in [1.82, 2.24) is 5.32 Å². The van der Waals surface area contributed by atoms with Crippen LogP contribution in [0.5, 0.6) is 5.75 Å². The minimum absolute atomic E-state index is 0.125. The van der Waals surface area contributed by atoms with Crippen LogP contribution in [-0.4, -0.2) is 30.8 Å². The molecule has 0 aliphatic carbocycles. The van der Waals surface area contributed by atoms with Crippen LogP contribution in [0.25, 0.3) is 0 Å². The van der Waals surface area contributed by atoms with Gasteiger partial charge in [-0.3, -0.25) is 0 Å². The highest BCUT2D eigenvalue weighted by molar-refractivity contribution is 5.68. The van der Waals surface area contributed by atoms with Crippen molar-refractivity contribution in [1.29, 1.82) is 0 Å². The Morgan fingerprint density at radius 2 is 1.81 bits per heavy atom. The van der Waals surface area contributed by atoms with Gasteiger partial charge in [-0.1, -0.05) is 12.1 Å². The summed E-state index contributed by atoms with van der Waals surface area (Å²) in [5, 5.41) is 13.0. The van der Waals surface area contributed by atoms with E-state index in [2.05, 4.69) is 5.32 Å². The number of carboxylic acid groups (broad SMARTS) is 1. The number of rotatable bonds is 6. The summed E-state index contributed by atoms with van der Waals surface area (Å²) in [4.78, 5) is 21.8. The van der Waals surface area contributed by atoms with Crippen molar-refractivity contribution in [3.05, 3.63) is 29.8 Å². The van der Waals surface area contributed by atoms with E-state index in [1.165, 1.54) is 0 Å². The van der Waals surface area contributed by atoms with Gasteiger partial charge in [0.2, 0.25) is 0 Å². The van der Waals surface area contributed by atoms with Crippen LogP contribution in [-0.2, 0) is 16.0 Å². The summed E-state index contributed by atoms with van der Waals surface area (Å²) >= 11 is 0. The van der Waals surface area contributed by atoms with Crippen molar-refractivity contribution in [3.63, 3.8) is 0 Å². The van der Waals surface area contributed by atoms with Crippen LogP contribution in [0.3, 0.4) is 0 Å². The van der Waals surface area contributed by atoms with E-state index in [1.807, 2.05) is 0 Å². The van der Waals surface area contributed by atoms with Crippen LogP contribution < -0.4 is 15.2 Å². The summed E-state index contributed by atoms with van der Waals surface area (Å²) in [5.41, 5.74) is 0.119. The number of benzene rings is 1. The lowest BCUT2D eigenvalue weighted by Crippen LogP contribution is -2.34. The maximum absolute atomic E-state index is 11.4. The van der Waals surface area contributed by atoms with Crippen LogP contribution in [0.1, 0.15) is 26.3 Å². The summed E-state index contributed by atoms with van der Waals surface area (Å²) in [6.07, 6.45) is -0.615. The summed E-state index contributed by atoms with van der Waals surface area (Å²) in [6.45, 7) is 5.97. The monoisotopic (exact) mass is 294 g/mol. The Morgan fingerprint density at radius 1 is 1.19 bits per heavy atom. The Labute approximate surface area is 124 Å². The fourth-order valence-corrected chi connectivity index (χ4v) is 1.51. The van der Waals surface area contributed by atoms with Gasteiger partial charge in [-0.15, -0.1) is 0 Å². The van der Waals surface area contributed by atoms with Gasteiger partial charge in [0.05, 0.1) is 6.54 Å². The molecule has 1 aromatic rings. The lowest BCUT2D eigenvalue weighted by Gasteiger charge is -2.19. The largest absolute Gasteiger partial charge is 0.550 e. The molecule has 0 radical (unpaired) electrons. The van der Waals surface area contributed by atoms with E-state index < -0.39 is 17.7 Å². The molecule has 0 saturated carbocycles. The average Bonchev–Trinajstić information content (AvgIpc) is 2.34. The van der Waals surface area contributed by atoms with E-state index >= 15 is 0 Å². The lowest BCUT2D eigenvalue weighted by molar-refractivity contribution is -0.304. The van der Waals surface area contributed by atoms with Gasteiger partial charge in [0.15, 0.2) is 0 Å². The van der Waals surface area contributed by atoms with Crippen molar-refractivity contribution >= 4 is 12.1 Å². The zero-order valence-corrected chi connectivity index (χ0v) is 12.5. The third-order valence-electron chi connectivity index (χ3n) is 2.31. The van der Waals surface area contributed by atoms with E-state index in [9.17, 15) is 14.7 Å². The number of carbonyl (C=O) groups excluding carboxylic acids is 2. The average molecular weight is 294 g/mol. The first kappa shape index (κ1) is 16.8. The first-order chi connectivity index (χ1) is 9.76. The molecule has 1 amide bonds. The van der Waals surface area contributed by atoms with Gasteiger partial charge < -0.3 is 24.7 Å². The minimum Gasteiger partial charge on any atom is -0.550 e. The minimum atomic E-state index is -1.12. The fraction of sp³-hybridized carbons (Fsp3) is 0.467. The Bertz CT molecular complexity index is 476. The van der Waals surface area contributed by atoms with Gasteiger partial charge in [-0.05, 0) is 38.5 Å². The number of carboxylic acids is 1. The van der Waals surface area contributed by atoms with Crippen molar-refractivity contribution in [3.8, 4) is 5.75 Å². The van der Waals surface area contributed by atoms with Gasteiger partial charge in [0.1, 0.15) is 18.0 Å². The number of carbonyl (C=O) groups is 2. The summed E-state index contributed by atoms with van der Waals surface area (Å²) in [6, 6.07) is 6.66. The van der Waals surface area contributed by atoms with Gasteiger partial charge in [-0.2, -0.15) is 0 Å². The number of nitrogens with one attached hydrogen (secondary N) is 1. The second-order valence-corrected chi connectivity index (χ2v) is 5.47. The fourth-order valence-electron chi connectivity index (χ4n) is 1.51. The van der Waals surface area contributed by atoms with Crippen molar-refractivity contribution in [2.24, 2.45) is 0 Å². The number of hydrogen-bond acceptors (Lipinski definition) is 5. The molecule has 0 atom stereocenters. The smallest absolute Gasteiger partial charge is 0.407 e. The predicted molar refractivity (Wildman–Crippen MR) is 74.9 cm³/mol. The van der Waals surface area contributed by atoms with E-state index in [4.69, 9.17) is 9.47 Å². The van der Waals surface area contributed by atoms with Crippen LogP contribution >= 0.6 is 0 Å². The van der Waals surface area contributed by atoms with Crippen molar-refractivity contribution in [2.75, 3.05) is 13.2 Å². The molecule has 0 fully saturated rings. The number of ether oxygens (including phenoxy) is 2. The summed E-state index contributed by atoms with van der Waals surface area (Å²) in [5.74, 6) is -0.520. The molecule has 0 saturated heterocycles. The molecular weight excluding hydrogens is 274 g/mol. The first-order valence-corrected chi connectivity index (χ1v) is 6.65. The molecule has 0 unspecified atom stereocenters. The maximum atomic E-state index is 11.4. The molecule has 21 heavy (non-hydrogen) atoms. The number of aliphatic carboxylic acids is 1. The molecule has 0 spiro atoms. The first-order valence-electron chi connectivity index (χ1n) is 6.65. The molecule has 116 valence electrons. The molecule has 6 nitrogen and oxygen atoms in total. The van der Waals surface area contributed by atoms with Crippen LogP contribution in [0, 0.1) is 0 Å². The Morgan fingerprint density at radius 3 is 2.33 bits per heavy atom. The van der Waals surface area contributed by atoms with Gasteiger partial charge in [0.25, 0.3) is 0 Å². The van der Waals surface area contributed by atoms with E-state index in [1.54, 1.807) is 45.0 Å². The second-order valence-electron chi connectivity index (χ2n) is 5.47. The third kappa shape index (κ3) is 7.81. The molecule has 6 heteroatoms. The highest BCUT2D eigenvalue weighted by atomic mass is 16.6. The highest BCUT2D eigenvalue weighted by Crippen LogP contribution is 2.12. The molecule has 0 heterocycles. The van der Waals surface area contributed by atoms with Crippen LogP contribution in [0.2, 0.25) is 0 Å². The van der Waals surface area contributed by atoms with E-state index in [0.29, 0.717) is 24.5 Å². The molecule has 0 bridgehead atoms. The quantitative estimate of drug-likeness (QED) is 0.787. The number of amides is 1. The van der Waals surface area contributed by atoms with Gasteiger partial charge in [0, 0.05) is 12.4 Å².